The lowest BCUT2D eigenvalue weighted by molar-refractivity contribution is 0.0710. The Bertz CT molecular complexity index is 529. The van der Waals surface area contributed by atoms with E-state index in [0.29, 0.717) is 17.9 Å². The van der Waals surface area contributed by atoms with Crippen LogP contribution in [0.25, 0.3) is 0 Å². The molecule has 0 bridgehead atoms. The molecule has 0 heterocycles. The van der Waals surface area contributed by atoms with Gasteiger partial charge in [0.05, 0.1) is 7.11 Å². The van der Waals surface area contributed by atoms with E-state index in [9.17, 15) is 9.90 Å². The number of amides is 1. The highest BCUT2D eigenvalue weighted by Crippen LogP contribution is 2.27. The van der Waals surface area contributed by atoms with Gasteiger partial charge in [-0.1, -0.05) is 5.16 Å². The maximum Gasteiger partial charge on any atom is 0.254 e. The van der Waals surface area contributed by atoms with Crippen molar-refractivity contribution >= 4 is 11.7 Å². The first kappa shape index (κ1) is 16.6. The SMILES string of the molecule is COc1ccc(C(=O)N(CCC(N)=NO)C(C)C)cc1O. The van der Waals surface area contributed by atoms with E-state index in [-0.39, 0.29) is 30.0 Å². The predicted molar refractivity (Wildman–Crippen MR) is 78.9 cm³/mol. The molecule has 1 rings (SSSR count). The Morgan fingerprint density at radius 3 is 2.62 bits per heavy atom. The van der Waals surface area contributed by atoms with Crippen molar-refractivity contribution in [2.45, 2.75) is 26.3 Å². The second-order valence-corrected chi connectivity index (χ2v) is 4.82. The summed E-state index contributed by atoms with van der Waals surface area (Å²) in [5.41, 5.74) is 5.78. The van der Waals surface area contributed by atoms with Crippen molar-refractivity contribution in [2.75, 3.05) is 13.7 Å². The lowest BCUT2D eigenvalue weighted by Gasteiger charge is -2.26. The minimum Gasteiger partial charge on any atom is -0.504 e. The number of nitrogens with zero attached hydrogens (tertiary/aromatic N) is 2. The molecule has 0 radical (unpaired) electrons. The van der Waals surface area contributed by atoms with Crippen LogP contribution in [0.15, 0.2) is 23.4 Å². The van der Waals surface area contributed by atoms with Crippen molar-refractivity contribution in [3.05, 3.63) is 23.8 Å². The number of aromatic hydroxyl groups is 1. The smallest absolute Gasteiger partial charge is 0.254 e. The molecule has 0 aromatic heterocycles. The highest BCUT2D eigenvalue weighted by Gasteiger charge is 2.20. The molecule has 0 spiro atoms. The fourth-order valence-corrected chi connectivity index (χ4v) is 1.87. The van der Waals surface area contributed by atoms with E-state index >= 15 is 0 Å². The number of amidine groups is 1. The van der Waals surface area contributed by atoms with E-state index in [1.165, 1.54) is 19.2 Å². The van der Waals surface area contributed by atoms with Crippen LogP contribution in [-0.2, 0) is 0 Å². The number of benzene rings is 1. The van der Waals surface area contributed by atoms with E-state index in [1.54, 1.807) is 11.0 Å². The van der Waals surface area contributed by atoms with Gasteiger partial charge in [0.1, 0.15) is 5.84 Å². The van der Waals surface area contributed by atoms with Crippen molar-refractivity contribution in [2.24, 2.45) is 10.9 Å². The van der Waals surface area contributed by atoms with Gasteiger partial charge in [-0.05, 0) is 32.0 Å². The molecule has 0 aliphatic rings. The van der Waals surface area contributed by atoms with E-state index in [1.807, 2.05) is 13.8 Å². The van der Waals surface area contributed by atoms with Gasteiger partial charge in [0, 0.05) is 24.6 Å². The first-order chi connectivity index (χ1) is 9.90. The maximum absolute atomic E-state index is 12.5. The van der Waals surface area contributed by atoms with Crippen LogP contribution in [0.3, 0.4) is 0 Å². The zero-order valence-corrected chi connectivity index (χ0v) is 12.4. The Labute approximate surface area is 123 Å². The molecule has 0 atom stereocenters. The number of oxime groups is 1. The van der Waals surface area contributed by atoms with Gasteiger partial charge in [0.25, 0.3) is 5.91 Å². The molecule has 0 unspecified atom stereocenters. The molecular formula is C14H21N3O4. The highest BCUT2D eigenvalue weighted by atomic mass is 16.5. The van der Waals surface area contributed by atoms with Gasteiger partial charge < -0.3 is 25.7 Å². The Morgan fingerprint density at radius 1 is 1.48 bits per heavy atom. The number of hydrogen-bond donors (Lipinski definition) is 3. The molecule has 1 aromatic carbocycles. The summed E-state index contributed by atoms with van der Waals surface area (Å²) in [7, 11) is 1.44. The average Bonchev–Trinajstić information content (AvgIpc) is 2.46. The van der Waals surface area contributed by atoms with Gasteiger partial charge in [0.2, 0.25) is 0 Å². The van der Waals surface area contributed by atoms with Crippen LogP contribution in [-0.4, -0.2) is 46.7 Å². The van der Waals surface area contributed by atoms with Gasteiger partial charge >= 0.3 is 0 Å². The van der Waals surface area contributed by atoms with Crippen LogP contribution in [0.4, 0.5) is 0 Å². The Hall–Kier alpha value is -2.44. The highest BCUT2D eigenvalue weighted by molar-refractivity contribution is 5.95. The number of rotatable bonds is 6. The maximum atomic E-state index is 12.5. The third-order valence-corrected chi connectivity index (χ3v) is 3.05. The molecule has 0 aliphatic carbocycles. The van der Waals surface area contributed by atoms with Crippen LogP contribution in [0.2, 0.25) is 0 Å². The molecule has 0 fully saturated rings. The van der Waals surface area contributed by atoms with Crippen LogP contribution >= 0.6 is 0 Å². The van der Waals surface area contributed by atoms with E-state index < -0.39 is 0 Å². The summed E-state index contributed by atoms with van der Waals surface area (Å²) in [5.74, 6) is 0.0301. The number of nitrogens with two attached hydrogens (primary N) is 1. The van der Waals surface area contributed by atoms with E-state index in [0.717, 1.165) is 0 Å². The standard InChI is InChI=1S/C14H21N3O4/c1-9(2)17(7-6-13(15)16-20)14(19)10-4-5-12(21-3)11(18)8-10/h4-5,8-9,18,20H,6-7H2,1-3H3,(H2,15,16). The van der Waals surface area contributed by atoms with E-state index in [4.69, 9.17) is 15.7 Å². The fourth-order valence-electron chi connectivity index (χ4n) is 1.87. The lowest BCUT2D eigenvalue weighted by Crippen LogP contribution is -2.39. The first-order valence-electron chi connectivity index (χ1n) is 6.55. The van der Waals surface area contributed by atoms with Gasteiger partial charge in [-0.2, -0.15) is 0 Å². The lowest BCUT2D eigenvalue weighted by atomic mass is 10.1. The van der Waals surface area contributed by atoms with Crippen molar-refractivity contribution in [1.29, 1.82) is 0 Å². The number of carbonyl (C=O) groups is 1. The Kier molecular flexibility index (Phi) is 5.83. The quantitative estimate of drug-likeness (QED) is 0.318. The summed E-state index contributed by atoms with van der Waals surface area (Å²) in [6.45, 7) is 4.06. The van der Waals surface area contributed by atoms with Crippen LogP contribution in [0.5, 0.6) is 11.5 Å². The molecule has 21 heavy (non-hydrogen) atoms. The summed E-state index contributed by atoms with van der Waals surface area (Å²) < 4.78 is 4.95. The summed E-state index contributed by atoms with van der Waals surface area (Å²) in [6, 6.07) is 4.41. The normalized spacial score (nSPS) is 11.5. The predicted octanol–water partition coefficient (Wildman–Crippen LogP) is 1.39. The second kappa shape index (κ2) is 7.37. The molecule has 0 saturated carbocycles. The van der Waals surface area contributed by atoms with Crippen LogP contribution < -0.4 is 10.5 Å². The minimum atomic E-state index is -0.242. The summed E-state index contributed by atoms with van der Waals surface area (Å²) in [5, 5.41) is 21.2. The van der Waals surface area contributed by atoms with Gasteiger partial charge in [0.15, 0.2) is 11.5 Å². The third-order valence-electron chi connectivity index (χ3n) is 3.05. The molecule has 0 saturated heterocycles. The monoisotopic (exact) mass is 295 g/mol. The van der Waals surface area contributed by atoms with Crippen molar-refractivity contribution in [1.82, 2.24) is 4.90 Å². The fraction of sp³-hybridized carbons (Fsp3) is 0.429. The summed E-state index contributed by atoms with van der Waals surface area (Å²) in [4.78, 5) is 14.1. The third kappa shape index (κ3) is 4.27. The van der Waals surface area contributed by atoms with Gasteiger partial charge in [-0.15, -0.1) is 0 Å². The average molecular weight is 295 g/mol. The van der Waals surface area contributed by atoms with Gasteiger partial charge in [-0.25, -0.2) is 0 Å². The molecule has 1 aromatic rings. The zero-order chi connectivity index (χ0) is 16.0. The minimum absolute atomic E-state index is 0.0611. The number of ether oxygens (including phenoxy) is 1. The number of methoxy groups -OCH3 is 1. The molecule has 0 aliphatic heterocycles. The number of phenols is 1. The molecule has 4 N–H and O–H groups in total. The largest absolute Gasteiger partial charge is 0.504 e. The number of carbonyl (C=O) groups excluding carboxylic acids is 1. The summed E-state index contributed by atoms with van der Waals surface area (Å²) in [6.07, 6.45) is 0.266. The van der Waals surface area contributed by atoms with Crippen molar-refractivity contribution in [3.63, 3.8) is 0 Å². The van der Waals surface area contributed by atoms with Crippen LogP contribution in [0.1, 0.15) is 30.6 Å². The van der Waals surface area contributed by atoms with Gasteiger partial charge in [-0.3, -0.25) is 4.79 Å². The molecule has 7 heteroatoms. The molecule has 7 nitrogen and oxygen atoms in total. The molecule has 1 amide bonds. The topological polar surface area (TPSA) is 108 Å². The first-order valence-corrected chi connectivity index (χ1v) is 6.55. The Morgan fingerprint density at radius 2 is 2.14 bits per heavy atom. The number of hydrogen-bond acceptors (Lipinski definition) is 5. The molecule has 116 valence electrons. The zero-order valence-electron chi connectivity index (χ0n) is 12.4. The number of phenolic OH excluding ortho intramolecular Hbond substituents is 1. The Balaban J connectivity index is 2.93. The van der Waals surface area contributed by atoms with Crippen LogP contribution in [0, 0.1) is 0 Å². The second-order valence-electron chi connectivity index (χ2n) is 4.82. The van der Waals surface area contributed by atoms with Crippen molar-refractivity contribution in [3.8, 4) is 11.5 Å². The summed E-state index contributed by atoms with van der Waals surface area (Å²) >= 11 is 0. The van der Waals surface area contributed by atoms with E-state index in [2.05, 4.69) is 5.16 Å². The molecular weight excluding hydrogens is 274 g/mol. The van der Waals surface area contributed by atoms with Crippen molar-refractivity contribution < 1.29 is 19.8 Å².